The molecule has 2 amide bonds. The summed E-state index contributed by atoms with van der Waals surface area (Å²) in [6.07, 6.45) is 3.62. The van der Waals surface area contributed by atoms with Crippen LogP contribution in [-0.2, 0) is 16.1 Å². The molecule has 3 unspecified atom stereocenters. The van der Waals surface area contributed by atoms with Crippen molar-refractivity contribution in [2.24, 2.45) is 5.41 Å². The Kier molecular flexibility index (Phi) is 6.57. The molecule has 3 aromatic rings. The SMILES string of the molecule is C=CCC1(C(=O)N2CCC(O)C2)CC(=O)N(Cc2ccc(Cl)c(F)c2)C1c1c[nH]c2cc(Cl)ccc12. The Labute approximate surface area is 218 Å². The third-order valence-corrected chi connectivity index (χ3v) is 7.86. The maximum Gasteiger partial charge on any atom is 0.232 e. The van der Waals surface area contributed by atoms with Crippen molar-refractivity contribution in [3.05, 3.63) is 82.2 Å². The minimum Gasteiger partial charge on any atom is -0.391 e. The van der Waals surface area contributed by atoms with E-state index in [0.29, 0.717) is 23.6 Å². The van der Waals surface area contributed by atoms with Gasteiger partial charge >= 0.3 is 0 Å². The van der Waals surface area contributed by atoms with E-state index in [2.05, 4.69) is 11.6 Å². The number of benzene rings is 2. The average molecular weight is 530 g/mol. The van der Waals surface area contributed by atoms with Crippen LogP contribution in [0.25, 0.3) is 10.9 Å². The highest BCUT2D eigenvalue weighted by Gasteiger charge is 2.58. The number of hydrogen-bond acceptors (Lipinski definition) is 3. The number of β-amino-alcohol motifs (C(OH)–C–C–N with tert-alkyl or cyclic N) is 1. The number of hydrogen-bond donors (Lipinski definition) is 2. The number of likely N-dealkylation sites (tertiary alicyclic amines) is 2. The molecule has 188 valence electrons. The summed E-state index contributed by atoms with van der Waals surface area (Å²) >= 11 is 12.1. The van der Waals surface area contributed by atoms with Crippen LogP contribution in [0.3, 0.4) is 0 Å². The number of aromatic nitrogens is 1. The number of H-pyrrole nitrogens is 1. The topological polar surface area (TPSA) is 76.6 Å². The molecule has 2 saturated heterocycles. The number of carbonyl (C=O) groups excluding carboxylic acids is 2. The molecule has 2 aliphatic heterocycles. The number of nitrogens with zero attached hydrogens (tertiary/aromatic N) is 2. The fourth-order valence-electron chi connectivity index (χ4n) is 5.70. The number of allylic oxidation sites excluding steroid dienone is 1. The van der Waals surface area contributed by atoms with Crippen molar-refractivity contribution in [2.45, 2.75) is 38.0 Å². The van der Waals surface area contributed by atoms with Crippen LogP contribution in [-0.4, -0.2) is 50.9 Å². The van der Waals surface area contributed by atoms with E-state index in [4.69, 9.17) is 23.2 Å². The second-order valence-corrected chi connectivity index (χ2v) is 10.5. The summed E-state index contributed by atoms with van der Waals surface area (Å²) < 4.78 is 14.3. The Morgan fingerprint density at radius 2 is 2.08 bits per heavy atom. The molecule has 0 aliphatic carbocycles. The van der Waals surface area contributed by atoms with E-state index >= 15 is 0 Å². The predicted octanol–water partition coefficient (Wildman–Crippen LogP) is 5.24. The first-order chi connectivity index (χ1) is 17.2. The van der Waals surface area contributed by atoms with Crippen LogP contribution in [0.5, 0.6) is 0 Å². The Balaban J connectivity index is 1.66. The second-order valence-electron chi connectivity index (χ2n) is 9.63. The van der Waals surface area contributed by atoms with Gasteiger partial charge in [0.25, 0.3) is 0 Å². The van der Waals surface area contributed by atoms with Crippen LogP contribution in [0.15, 0.2) is 55.3 Å². The molecule has 0 saturated carbocycles. The van der Waals surface area contributed by atoms with Gasteiger partial charge in [-0.05, 0) is 42.7 Å². The fraction of sp³-hybridized carbons (Fsp3) is 0.333. The maximum absolute atomic E-state index is 14.3. The number of carbonyl (C=O) groups is 2. The monoisotopic (exact) mass is 529 g/mol. The number of aliphatic hydroxyl groups excluding tert-OH is 1. The highest BCUT2D eigenvalue weighted by Crippen LogP contribution is 2.54. The van der Waals surface area contributed by atoms with Crippen LogP contribution in [0.2, 0.25) is 10.0 Å². The lowest BCUT2D eigenvalue weighted by atomic mass is 9.73. The number of aliphatic hydroxyl groups is 1. The molecule has 0 bridgehead atoms. The molecule has 2 N–H and O–H groups in total. The summed E-state index contributed by atoms with van der Waals surface area (Å²) in [4.78, 5) is 34.3. The van der Waals surface area contributed by atoms with Gasteiger partial charge in [0.1, 0.15) is 5.82 Å². The molecule has 2 fully saturated rings. The molecular formula is C27H26Cl2FN3O3. The first kappa shape index (κ1) is 24.8. The zero-order valence-corrected chi connectivity index (χ0v) is 21.0. The van der Waals surface area contributed by atoms with Crippen molar-refractivity contribution in [3.63, 3.8) is 0 Å². The summed E-state index contributed by atoms with van der Waals surface area (Å²) in [5.74, 6) is -0.974. The van der Waals surface area contributed by atoms with Crippen molar-refractivity contribution < 1.29 is 19.1 Å². The molecule has 2 aliphatic rings. The summed E-state index contributed by atoms with van der Waals surface area (Å²) in [6.45, 7) is 4.65. The third-order valence-electron chi connectivity index (χ3n) is 7.31. The summed E-state index contributed by atoms with van der Waals surface area (Å²) in [5, 5.41) is 11.5. The average Bonchev–Trinajstić information content (AvgIpc) is 3.52. The maximum atomic E-state index is 14.3. The van der Waals surface area contributed by atoms with Gasteiger partial charge in [0.15, 0.2) is 0 Å². The number of aromatic amines is 1. The van der Waals surface area contributed by atoms with E-state index in [9.17, 15) is 19.1 Å². The number of fused-ring (bicyclic) bond motifs is 1. The van der Waals surface area contributed by atoms with Crippen LogP contribution in [0.1, 0.15) is 36.4 Å². The van der Waals surface area contributed by atoms with Gasteiger partial charge in [-0.1, -0.05) is 41.4 Å². The van der Waals surface area contributed by atoms with Crippen molar-refractivity contribution in [1.29, 1.82) is 0 Å². The highest BCUT2D eigenvalue weighted by atomic mass is 35.5. The Morgan fingerprint density at radius 3 is 2.78 bits per heavy atom. The highest BCUT2D eigenvalue weighted by molar-refractivity contribution is 6.31. The third kappa shape index (κ3) is 4.19. The van der Waals surface area contributed by atoms with Gasteiger partial charge < -0.3 is 19.9 Å². The van der Waals surface area contributed by atoms with Gasteiger partial charge in [-0.15, -0.1) is 6.58 Å². The molecular weight excluding hydrogens is 504 g/mol. The van der Waals surface area contributed by atoms with Gasteiger partial charge in [0, 0.05) is 53.7 Å². The van der Waals surface area contributed by atoms with Crippen LogP contribution >= 0.6 is 23.2 Å². The normalized spacial score (nSPS) is 24.2. The standard InChI is InChI=1S/C27H26Cl2FN3O3/c1-2-8-27(26(36)32-9-7-18(34)15-32)12-24(35)33(14-16-3-6-21(29)22(30)10-16)25(27)20-13-31-23-11-17(28)4-5-19(20)23/h2-6,10-11,13,18,25,31,34H,1,7-9,12,14-15H2. The lowest BCUT2D eigenvalue weighted by Gasteiger charge is -2.38. The summed E-state index contributed by atoms with van der Waals surface area (Å²) in [6, 6.07) is 9.24. The first-order valence-corrected chi connectivity index (χ1v) is 12.6. The number of amides is 2. The zero-order chi connectivity index (χ0) is 25.6. The van der Waals surface area contributed by atoms with Crippen LogP contribution in [0.4, 0.5) is 4.39 Å². The second kappa shape index (κ2) is 9.54. The van der Waals surface area contributed by atoms with Gasteiger partial charge in [0.05, 0.1) is 22.6 Å². The van der Waals surface area contributed by atoms with Crippen molar-refractivity contribution in [1.82, 2.24) is 14.8 Å². The fourth-order valence-corrected chi connectivity index (χ4v) is 5.99. The van der Waals surface area contributed by atoms with Crippen molar-refractivity contribution in [2.75, 3.05) is 13.1 Å². The van der Waals surface area contributed by atoms with Gasteiger partial charge in [-0.25, -0.2) is 4.39 Å². The zero-order valence-electron chi connectivity index (χ0n) is 19.5. The molecule has 1 aromatic heterocycles. The molecule has 36 heavy (non-hydrogen) atoms. The lowest BCUT2D eigenvalue weighted by molar-refractivity contribution is -0.143. The largest absolute Gasteiger partial charge is 0.391 e. The molecule has 9 heteroatoms. The number of rotatable bonds is 6. The van der Waals surface area contributed by atoms with Gasteiger partial charge in [-0.3, -0.25) is 9.59 Å². The van der Waals surface area contributed by atoms with Crippen LogP contribution < -0.4 is 0 Å². The van der Waals surface area contributed by atoms with Gasteiger partial charge in [-0.2, -0.15) is 0 Å². The lowest BCUT2D eigenvalue weighted by Crippen LogP contribution is -2.46. The smallest absolute Gasteiger partial charge is 0.232 e. The van der Waals surface area contributed by atoms with Crippen LogP contribution in [0, 0.1) is 11.2 Å². The van der Waals surface area contributed by atoms with Gasteiger partial charge in [0.2, 0.25) is 11.8 Å². The van der Waals surface area contributed by atoms with Crippen molar-refractivity contribution >= 4 is 45.9 Å². The van der Waals surface area contributed by atoms with E-state index in [1.165, 1.54) is 12.1 Å². The molecule has 3 atom stereocenters. The minimum atomic E-state index is -1.14. The summed E-state index contributed by atoms with van der Waals surface area (Å²) in [7, 11) is 0. The molecule has 2 aromatic carbocycles. The Morgan fingerprint density at radius 1 is 1.28 bits per heavy atom. The first-order valence-electron chi connectivity index (χ1n) is 11.8. The van der Waals surface area contributed by atoms with E-state index in [-0.39, 0.29) is 42.8 Å². The van der Waals surface area contributed by atoms with E-state index in [1.54, 1.807) is 34.1 Å². The van der Waals surface area contributed by atoms with Crippen molar-refractivity contribution in [3.8, 4) is 0 Å². The Hall–Kier alpha value is -2.87. The molecule has 0 radical (unpaired) electrons. The predicted molar refractivity (Wildman–Crippen MR) is 137 cm³/mol. The quantitative estimate of drug-likeness (QED) is 0.428. The van der Waals surface area contributed by atoms with E-state index in [1.807, 2.05) is 12.3 Å². The van der Waals surface area contributed by atoms with E-state index < -0.39 is 23.4 Å². The molecule has 6 nitrogen and oxygen atoms in total. The molecule has 0 spiro atoms. The molecule has 3 heterocycles. The number of halogens is 3. The number of nitrogens with one attached hydrogen (secondary N) is 1. The Bertz CT molecular complexity index is 1360. The minimum absolute atomic E-state index is 0.000304. The van der Waals surface area contributed by atoms with E-state index in [0.717, 1.165) is 16.5 Å². The molecule has 5 rings (SSSR count). The summed E-state index contributed by atoms with van der Waals surface area (Å²) in [5.41, 5.74) is 0.988.